The van der Waals surface area contributed by atoms with E-state index < -0.39 is 0 Å². The Morgan fingerprint density at radius 1 is 1.06 bits per heavy atom. The molecule has 0 spiro atoms. The maximum Gasteiger partial charge on any atom is 0.0471 e. The van der Waals surface area contributed by atoms with E-state index >= 15 is 0 Å². The van der Waals surface area contributed by atoms with E-state index in [4.69, 9.17) is 4.74 Å². The third-order valence-electron chi connectivity index (χ3n) is 4.37. The molecule has 2 rings (SSSR count). The summed E-state index contributed by atoms with van der Waals surface area (Å²) in [7, 11) is 0. The number of hydrogen-bond acceptors (Lipinski definition) is 2. The average molecular weight is 225 g/mol. The summed E-state index contributed by atoms with van der Waals surface area (Å²) >= 11 is 0. The normalized spacial score (nSPS) is 27.6. The monoisotopic (exact) mass is 225 g/mol. The van der Waals surface area contributed by atoms with Crippen LogP contribution in [0.3, 0.4) is 0 Å². The molecule has 0 unspecified atom stereocenters. The molecule has 1 aliphatic heterocycles. The molecule has 16 heavy (non-hydrogen) atoms. The predicted octanol–water partition coefficient (Wildman–Crippen LogP) is 3.12. The van der Waals surface area contributed by atoms with Crippen LogP contribution < -0.4 is 5.32 Å². The Kier molecular flexibility index (Phi) is 4.66. The van der Waals surface area contributed by atoms with Gasteiger partial charge in [0.1, 0.15) is 0 Å². The van der Waals surface area contributed by atoms with Crippen LogP contribution in [-0.4, -0.2) is 25.8 Å². The largest absolute Gasteiger partial charge is 0.381 e. The molecule has 0 amide bonds. The second-order valence-corrected chi connectivity index (χ2v) is 5.99. The lowest BCUT2D eigenvalue weighted by Gasteiger charge is -2.35. The Balaban J connectivity index is 1.72. The number of rotatable bonds is 3. The third kappa shape index (κ3) is 3.74. The quantitative estimate of drug-likeness (QED) is 0.745. The highest BCUT2D eigenvalue weighted by atomic mass is 16.5. The van der Waals surface area contributed by atoms with E-state index in [1.54, 1.807) is 0 Å². The third-order valence-corrected chi connectivity index (χ3v) is 4.37. The van der Waals surface area contributed by atoms with E-state index in [-0.39, 0.29) is 0 Å². The number of nitrogens with one attached hydrogen (secondary N) is 1. The first-order chi connectivity index (χ1) is 7.79. The highest BCUT2D eigenvalue weighted by molar-refractivity contribution is 4.82. The molecule has 0 bridgehead atoms. The van der Waals surface area contributed by atoms with E-state index in [1.807, 2.05) is 0 Å². The van der Waals surface area contributed by atoms with Crippen molar-refractivity contribution in [3.8, 4) is 0 Å². The van der Waals surface area contributed by atoms with Crippen LogP contribution in [0.2, 0.25) is 0 Å². The zero-order valence-electron chi connectivity index (χ0n) is 10.8. The molecule has 1 N–H and O–H groups in total. The number of hydrogen-bond donors (Lipinski definition) is 1. The topological polar surface area (TPSA) is 21.3 Å². The Morgan fingerprint density at radius 3 is 2.31 bits per heavy atom. The van der Waals surface area contributed by atoms with Crippen LogP contribution in [0.5, 0.6) is 0 Å². The minimum atomic E-state index is 0.491. The van der Waals surface area contributed by atoms with Crippen molar-refractivity contribution in [3.63, 3.8) is 0 Å². The lowest BCUT2D eigenvalue weighted by molar-refractivity contribution is 0.0226. The molecule has 0 aromatic carbocycles. The van der Waals surface area contributed by atoms with Gasteiger partial charge in [0.15, 0.2) is 0 Å². The van der Waals surface area contributed by atoms with Crippen molar-refractivity contribution in [2.75, 3.05) is 19.8 Å². The van der Waals surface area contributed by atoms with Crippen molar-refractivity contribution in [1.82, 2.24) is 5.32 Å². The van der Waals surface area contributed by atoms with E-state index in [2.05, 4.69) is 12.2 Å². The fourth-order valence-corrected chi connectivity index (χ4v) is 2.92. The summed E-state index contributed by atoms with van der Waals surface area (Å²) in [6.07, 6.45) is 11.0. The van der Waals surface area contributed by atoms with Crippen molar-refractivity contribution in [2.45, 2.75) is 64.3 Å². The molecule has 2 nitrogen and oxygen atoms in total. The molecule has 0 aromatic heterocycles. The maximum atomic E-state index is 5.45. The molecule has 94 valence electrons. The van der Waals surface area contributed by atoms with Crippen molar-refractivity contribution in [3.05, 3.63) is 0 Å². The molecular weight excluding hydrogens is 198 g/mol. The van der Waals surface area contributed by atoms with Gasteiger partial charge in [0.2, 0.25) is 0 Å². The maximum absolute atomic E-state index is 5.45. The van der Waals surface area contributed by atoms with Gasteiger partial charge >= 0.3 is 0 Å². The van der Waals surface area contributed by atoms with Gasteiger partial charge in [-0.2, -0.15) is 0 Å². The van der Waals surface area contributed by atoms with Gasteiger partial charge < -0.3 is 10.1 Å². The van der Waals surface area contributed by atoms with Gasteiger partial charge in [0, 0.05) is 25.8 Å². The molecule has 1 saturated carbocycles. The van der Waals surface area contributed by atoms with E-state index in [0.717, 1.165) is 19.3 Å². The highest BCUT2D eigenvalue weighted by Crippen LogP contribution is 2.29. The van der Waals surface area contributed by atoms with Gasteiger partial charge in [-0.1, -0.05) is 32.6 Å². The SMILES string of the molecule is CC1(CNC2CCCCCC2)CCOCC1. The number of ether oxygens (including phenoxy) is 1. The van der Waals surface area contributed by atoms with Gasteiger partial charge in [-0.25, -0.2) is 0 Å². The first-order valence-electron chi connectivity index (χ1n) is 7.10. The molecular formula is C14H27NO. The Hall–Kier alpha value is -0.0800. The van der Waals surface area contributed by atoms with E-state index in [1.165, 1.54) is 57.9 Å². The van der Waals surface area contributed by atoms with Crippen molar-refractivity contribution in [1.29, 1.82) is 0 Å². The summed E-state index contributed by atoms with van der Waals surface area (Å²) in [6, 6.07) is 0.794. The summed E-state index contributed by atoms with van der Waals surface area (Å²) in [5, 5.41) is 3.82. The smallest absolute Gasteiger partial charge is 0.0471 e. The zero-order chi connectivity index (χ0) is 11.3. The fraction of sp³-hybridized carbons (Fsp3) is 1.00. The molecule has 2 heteroatoms. The second-order valence-electron chi connectivity index (χ2n) is 5.99. The first kappa shape index (κ1) is 12.4. The molecule has 0 aromatic rings. The van der Waals surface area contributed by atoms with Crippen LogP contribution in [0, 0.1) is 5.41 Å². The van der Waals surface area contributed by atoms with E-state index in [0.29, 0.717) is 5.41 Å². The average Bonchev–Trinajstić information content (AvgIpc) is 2.56. The summed E-state index contributed by atoms with van der Waals surface area (Å²) in [6.45, 7) is 5.53. The molecule has 1 aliphatic carbocycles. The molecule has 1 saturated heterocycles. The summed E-state index contributed by atoms with van der Waals surface area (Å²) < 4.78 is 5.45. The van der Waals surface area contributed by atoms with Crippen LogP contribution in [-0.2, 0) is 4.74 Å². The van der Waals surface area contributed by atoms with Gasteiger partial charge in [0.05, 0.1) is 0 Å². The zero-order valence-corrected chi connectivity index (χ0v) is 10.8. The Bertz CT molecular complexity index is 191. The fourth-order valence-electron chi connectivity index (χ4n) is 2.92. The van der Waals surface area contributed by atoms with Crippen LogP contribution in [0.15, 0.2) is 0 Å². The molecule has 0 atom stereocenters. The summed E-state index contributed by atoms with van der Waals surface area (Å²) in [4.78, 5) is 0. The van der Waals surface area contributed by atoms with Gasteiger partial charge in [-0.3, -0.25) is 0 Å². The second kappa shape index (κ2) is 6.02. The standard InChI is InChI=1S/C14H27NO/c1-14(8-10-16-11-9-14)12-15-13-6-4-2-3-5-7-13/h13,15H,2-12H2,1H3. The van der Waals surface area contributed by atoms with Crippen molar-refractivity contribution >= 4 is 0 Å². The van der Waals surface area contributed by atoms with Crippen molar-refractivity contribution < 1.29 is 4.74 Å². The highest BCUT2D eigenvalue weighted by Gasteiger charge is 2.27. The lowest BCUT2D eigenvalue weighted by Crippen LogP contribution is -2.41. The van der Waals surface area contributed by atoms with Crippen LogP contribution in [0.25, 0.3) is 0 Å². The van der Waals surface area contributed by atoms with Crippen LogP contribution in [0.4, 0.5) is 0 Å². The van der Waals surface area contributed by atoms with Crippen molar-refractivity contribution in [2.24, 2.45) is 5.41 Å². The molecule has 1 heterocycles. The predicted molar refractivity (Wildman–Crippen MR) is 67.7 cm³/mol. The van der Waals surface area contributed by atoms with E-state index in [9.17, 15) is 0 Å². The molecule has 2 fully saturated rings. The Morgan fingerprint density at radius 2 is 1.69 bits per heavy atom. The van der Waals surface area contributed by atoms with Gasteiger partial charge in [-0.15, -0.1) is 0 Å². The lowest BCUT2D eigenvalue weighted by atomic mass is 9.82. The van der Waals surface area contributed by atoms with Gasteiger partial charge in [-0.05, 0) is 31.1 Å². The van der Waals surface area contributed by atoms with Crippen LogP contribution in [0.1, 0.15) is 58.3 Å². The summed E-state index contributed by atoms with van der Waals surface area (Å²) in [5.74, 6) is 0. The summed E-state index contributed by atoms with van der Waals surface area (Å²) in [5.41, 5.74) is 0.491. The Labute approximate surface area is 100 Å². The minimum Gasteiger partial charge on any atom is -0.381 e. The van der Waals surface area contributed by atoms with Gasteiger partial charge in [0.25, 0.3) is 0 Å². The minimum absolute atomic E-state index is 0.491. The molecule has 2 aliphatic rings. The van der Waals surface area contributed by atoms with Crippen LogP contribution >= 0.6 is 0 Å². The first-order valence-corrected chi connectivity index (χ1v) is 7.10. The molecule has 0 radical (unpaired) electrons.